The standard InChI is InChI=1S/C16H29N5O2/c17-13-14(1-6-20-7-2-18-3-8-20)15(16-22-11-12-23-16)21-9-4-19-5-10-21/h14-16,18-19H,1-12H2. The number of hydrogen-bond acceptors (Lipinski definition) is 7. The zero-order valence-corrected chi connectivity index (χ0v) is 13.9. The number of rotatable bonds is 6. The summed E-state index contributed by atoms with van der Waals surface area (Å²) >= 11 is 0. The predicted octanol–water partition coefficient (Wildman–Crippen LogP) is -0.932. The Balaban J connectivity index is 1.61. The highest BCUT2D eigenvalue weighted by Gasteiger charge is 2.38. The van der Waals surface area contributed by atoms with Crippen molar-refractivity contribution in [1.29, 1.82) is 5.26 Å². The summed E-state index contributed by atoms with van der Waals surface area (Å²) in [4.78, 5) is 4.84. The van der Waals surface area contributed by atoms with E-state index in [-0.39, 0.29) is 18.2 Å². The summed E-state index contributed by atoms with van der Waals surface area (Å²) in [6, 6.07) is 2.60. The quantitative estimate of drug-likeness (QED) is 0.654. The van der Waals surface area contributed by atoms with Gasteiger partial charge in [-0.3, -0.25) is 4.90 Å². The Labute approximate surface area is 138 Å². The van der Waals surface area contributed by atoms with E-state index in [0.29, 0.717) is 13.2 Å². The van der Waals surface area contributed by atoms with E-state index in [9.17, 15) is 5.26 Å². The van der Waals surface area contributed by atoms with Gasteiger partial charge in [-0.1, -0.05) is 0 Å². The second-order valence-electron chi connectivity index (χ2n) is 6.50. The Kier molecular flexibility index (Phi) is 6.63. The molecule has 2 atom stereocenters. The van der Waals surface area contributed by atoms with E-state index >= 15 is 0 Å². The Bertz CT molecular complexity index is 384. The lowest BCUT2D eigenvalue weighted by Gasteiger charge is -2.39. The molecule has 0 aromatic rings. The Morgan fingerprint density at radius 3 is 2.22 bits per heavy atom. The molecule has 3 rings (SSSR count). The zero-order chi connectivity index (χ0) is 15.9. The van der Waals surface area contributed by atoms with Crippen molar-refractivity contribution in [3.8, 4) is 6.07 Å². The smallest absolute Gasteiger partial charge is 0.174 e. The summed E-state index contributed by atoms with van der Waals surface area (Å²) in [6.07, 6.45) is 0.634. The first-order valence-corrected chi connectivity index (χ1v) is 8.89. The van der Waals surface area contributed by atoms with Crippen molar-refractivity contribution in [2.75, 3.05) is 72.1 Å². The highest BCUT2D eigenvalue weighted by atomic mass is 16.7. The molecule has 0 spiro atoms. The third-order valence-electron chi connectivity index (χ3n) is 5.04. The average Bonchev–Trinajstić information content (AvgIpc) is 3.14. The minimum absolute atomic E-state index is 0.0486. The van der Waals surface area contributed by atoms with Crippen LogP contribution in [0.3, 0.4) is 0 Å². The van der Waals surface area contributed by atoms with Crippen molar-refractivity contribution in [1.82, 2.24) is 20.4 Å². The zero-order valence-electron chi connectivity index (χ0n) is 13.9. The molecule has 0 amide bonds. The first-order chi connectivity index (χ1) is 11.4. The fraction of sp³-hybridized carbons (Fsp3) is 0.938. The van der Waals surface area contributed by atoms with Gasteiger partial charge in [-0.05, 0) is 13.0 Å². The van der Waals surface area contributed by atoms with Gasteiger partial charge in [0.15, 0.2) is 6.29 Å². The SMILES string of the molecule is N#CC(CCN1CCNCC1)C(C1OCCO1)N1CCNCC1. The van der Waals surface area contributed by atoms with E-state index in [4.69, 9.17) is 9.47 Å². The third-order valence-corrected chi connectivity index (χ3v) is 5.04. The van der Waals surface area contributed by atoms with Gasteiger partial charge in [0.1, 0.15) is 0 Å². The van der Waals surface area contributed by atoms with Crippen molar-refractivity contribution >= 4 is 0 Å². The lowest BCUT2D eigenvalue weighted by Crippen LogP contribution is -2.56. The van der Waals surface area contributed by atoms with Gasteiger partial charge in [0.05, 0.1) is 31.2 Å². The first-order valence-electron chi connectivity index (χ1n) is 8.89. The molecule has 3 saturated heterocycles. The molecular weight excluding hydrogens is 294 g/mol. The van der Waals surface area contributed by atoms with Crippen molar-refractivity contribution < 1.29 is 9.47 Å². The molecule has 3 heterocycles. The van der Waals surface area contributed by atoms with Gasteiger partial charge in [0, 0.05) is 52.4 Å². The van der Waals surface area contributed by atoms with E-state index in [1.807, 2.05) is 0 Å². The third kappa shape index (κ3) is 4.63. The molecule has 23 heavy (non-hydrogen) atoms. The molecule has 2 unspecified atom stereocenters. The molecule has 0 aliphatic carbocycles. The van der Waals surface area contributed by atoms with Crippen LogP contribution in [0, 0.1) is 17.2 Å². The van der Waals surface area contributed by atoms with Crippen LogP contribution in [-0.4, -0.2) is 94.2 Å². The topological polar surface area (TPSA) is 72.8 Å². The molecule has 0 saturated carbocycles. The van der Waals surface area contributed by atoms with Crippen molar-refractivity contribution in [2.45, 2.75) is 18.8 Å². The second kappa shape index (κ2) is 8.92. The molecule has 0 aromatic carbocycles. The fourth-order valence-electron chi connectivity index (χ4n) is 3.74. The monoisotopic (exact) mass is 323 g/mol. The Morgan fingerprint density at radius 2 is 1.61 bits per heavy atom. The van der Waals surface area contributed by atoms with Gasteiger partial charge in [-0.2, -0.15) is 5.26 Å². The van der Waals surface area contributed by atoms with Crippen LogP contribution in [0.25, 0.3) is 0 Å². The molecule has 3 aliphatic heterocycles. The Morgan fingerprint density at radius 1 is 1.00 bits per heavy atom. The van der Waals surface area contributed by atoms with Crippen LogP contribution in [-0.2, 0) is 9.47 Å². The number of nitrogens with one attached hydrogen (secondary N) is 2. The van der Waals surface area contributed by atoms with Crippen molar-refractivity contribution in [3.05, 3.63) is 0 Å². The van der Waals surface area contributed by atoms with Gasteiger partial charge < -0.3 is 25.0 Å². The predicted molar refractivity (Wildman–Crippen MR) is 87.0 cm³/mol. The maximum Gasteiger partial charge on any atom is 0.174 e. The molecule has 130 valence electrons. The average molecular weight is 323 g/mol. The van der Waals surface area contributed by atoms with Crippen LogP contribution in [0.1, 0.15) is 6.42 Å². The molecule has 7 heteroatoms. The summed E-state index contributed by atoms with van der Waals surface area (Å²) in [5.74, 6) is -0.0499. The molecule has 0 radical (unpaired) electrons. The van der Waals surface area contributed by atoms with E-state index in [2.05, 4.69) is 26.5 Å². The van der Waals surface area contributed by atoms with E-state index < -0.39 is 0 Å². The highest BCUT2D eigenvalue weighted by Crippen LogP contribution is 2.24. The molecular formula is C16H29N5O2. The van der Waals surface area contributed by atoms with E-state index in [0.717, 1.165) is 65.3 Å². The number of ether oxygens (including phenoxy) is 2. The maximum atomic E-state index is 9.78. The summed E-state index contributed by atoms with van der Waals surface area (Å²) in [6.45, 7) is 10.4. The van der Waals surface area contributed by atoms with E-state index in [1.165, 1.54) is 0 Å². The van der Waals surface area contributed by atoms with Crippen LogP contribution in [0.15, 0.2) is 0 Å². The minimum Gasteiger partial charge on any atom is -0.349 e. The molecule has 0 bridgehead atoms. The lowest BCUT2D eigenvalue weighted by molar-refractivity contribution is -0.113. The highest BCUT2D eigenvalue weighted by molar-refractivity contribution is 4.97. The fourth-order valence-corrected chi connectivity index (χ4v) is 3.74. The van der Waals surface area contributed by atoms with Gasteiger partial charge in [0.25, 0.3) is 0 Å². The molecule has 3 fully saturated rings. The van der Waals surface area contributed by atoms with Gasteiger partial charge in [0.2, 0.25) is 0 Å². The second-order valence-corrected chi connectivity index (χ2v) is 6.50. The summed E-state index contributed by atoms with van der Waals surface area (Å²) in [7, 11) is 0. The number of nitrogens with zero attached hydrogens (tertiary/aromatic N) is 3. The molecule has 2 N–H and O–H groups in total. The van der Waals surface area contributed by atoms with Crippen LogP contribution < -0.4 is 10.6 Å². The van der Waals surface area contributed by atoms with Crippen LogP contribution in [0.2, 0.25) is 0 Å². The van der Waals surface area contributed by atoms with Crippen molar-refractivity contribution in [2.24, 2.45) is 5.92 Å². The largest absolute Gasteiger partial charge is 0.349 e. The number of nitriles is 1. The van der Waals surface area contributed by atoms with Crippen molar-refractivity contribution in [3.63, 3.8) is 0 Å². The molecule has 0 aromatic heterocycles. The molecule has 3 aliphatic rings. The summed E-state index contributed by atoms with van der Waals surface area (Å²) < 4.78 is 11.6. The number of hydrogen-bond donors (Lipinski definition) is 2. The number of piperazine rings is 2. The van der Waals surface area contributed by atoms with Crippen LogP contribution >= 0.6 is 0 Å². The van der Waals surface area contributed by atoms with Crippen LogP contribution in [0.5, 0.6) is 0 Å². The summed E-state index contributed by atoms with van der Waals surface area (Å²) in [5, 5.41) is 16.5. The lowest BCUT2D eigenvalue weighted by atomic mass is 9.94. The summed E-state index contributed by atoms with van der Waals surface area (Å²) in [5.41, 5.74) is 0. The Hall–Kier alpha value is -0.750. The van der Waals surface area contributed by atoms with Gasteiger partial charge >= 0.3 is 0 Å². The van der Waals surface area contributed by atoms with E-state index in [1.54, 1.807) is 0 Å². The first kappa shape index (κ1) is 17.1. The normalized spacial score (nSPS) is 27.6. The molecule has 7 nitrogen and oxygen atoms in total. The minimum atomic E-state index is -0.249. The van der Waals surface area contributed by atoms with Crippen LogP contribution in [0.4, 0.5) is 0 Å². The van der Waals surface area contributed by atoms with Gasteiger partial charge in [-0.15, -0.1) is 0 Å². The van der Waals surface area contributed by atoms with Gasteiger partial charge in [-0.25, -0.2) is 0 Å². The maximum absolute atomic E-state index is 9.78.